The molecule has 0 aliphatic heterocycles. The van der Waals surface area contributed by atoms with E-state index in [0.717, 1.165) is 29.8 Å². The van der Waals surface area contributed by atoms with Gasteiger partial charge in [-0.25, -0.2) is 9.97 Å². The maximum atomic E-state index is 12.5. The molecule has 1 aliphatic rings. The van der Waals surface area contributed by atoms with Gasteiger partial charge in [0.15, 0.2) is 0 Å². The lowest BCUT2D eigenvalue weighted by atomic mass is 9.95. The van der Waals surface area contributed by atoms with Gasteiger partial charge in [0.05, 0.1) is 5.69 Å². The number of ether oxygens (including phenoxy) is 1. The van der Waals surface area contributed by atoms with E-state index >= 15 is 0 Å². The molecule has 0 spiro atoms. The normalized spacial score (nSPS) is 14.4. The van der Waals surface area contributed by atoms with Crippen LogP contribution in [0.25, 0.3) is 11.3 Å². The maximum absolute atomic E-state index is 12.5. The van der Waals surface area contributed by atoms with Gasteiger partial charge in [-0.2, -0.15) is 0 Å². The zero-order valence-electron chi connectivity index (χ0n) is 15.7. The fourth-order valence-corrected chi connectivity index (χ4v) is 3.47. The predicted molar refractivity (Wildman–Crippen MR) is 108 cm³/mol. The van der Waals surface area contributed by atoms with Crippen molar-refractivity contribution in [2.24, 2.45) is 0 Å². The van der Waals surface area contributed by atoms with E-state index in [2.05, 4.69) is 15.3 Å². The Bertz CT molecular complexity index is 920. The third kappa shape index (κ3) is 4.55. The minimum atomic E-state index is -0.00534. The Morgan fingerprint density at radius 3 is 2.43 bits per heavy atom. The van der Waals surface area contributed by atoms with Crippen LogP contribution in [0.4, 0.5) is 0 Å². The van der Waals surface area contributed by atoms with Crippen molar-refractivity contribution in [2.75, 3.05) is 0 Å². The number of rotatable bonds is 5. The number of nitrogens with zero attached hydrogens (tertiary/aromatic N) is 2. The number of hydrogen-bond donors (Lipinski definition) is 1. The van der Waals surface area contributed by atoms with Gasteiger partial charge in [-0.05, 0) is 37.1 Å². The molecule has 3 aromatic rings. The molecule has 4 rings (SSSR count). The van der Waals surface area contributed by atoms with Crippen molar-refractivity contribution in [1.82, 2.24) is 15.3 Å². The van der Waals surface area contributed by atoms with Crippen LogP contribution in [-0.2, 0) is 0 Å². The fraction of sp³-hybridized carbons (Fsp3) is 0.261. The van der Waals surface area contributed by atoms with Crippen molar-refractivity contribution in [1.29, 1.82) is 0 Å². The smallest absolute Gasteiger partial charge is 0.251 e. The summed E-state index contributed by atoms with van der Waals surface area (Å²) in [6.07, 6.45) is 7.31. The molecule has 1 fully saturated rings. The van der Waals surface area contributed by atoms with Gasteiger partial charge < -0.3 is 10.1 Å². The first-order valence-corrected chi connectivity index (χ1v) is 9.74. The second-order valence-corrected chi connectivity index (χ2v) is 7.04. The summed E-state index contributed by atoms with van der Waals surface area (Å²) in [6.45, 7) is 0. The average Bonchev–Trinajstić information content (AvgIpc) is 2.75. The van der Waals surface area contributed by atoms with E-state index in [1.165, 1.54) is 25.6 Å². The molecular formula is C23H23N3O2. The summed E-state index contributed by atoms with van der Waals surface area (Å²) in [5, 5.41) is 3.15. The van der Waals surface area contributed by atoms with Crippen LogP contribution in [0.5, 0.6) is 11.6 Å². The molecule has 0 saturated heterocycles. The lowest BCUT2D eigenvalue weighted by molar-refractivity contribution is 0.0927. The standard InChI is InChI=1S/C23H23N3O2/c27-23(26-19-7-3-1-4-8-19)18-13-11-17(12-14-18)21-15-22(25-16-24-21)28-20-9-5-2-6-10-20/h2,5-6,9-16,19H,1,3-4,7-8H2,(H,26,27). The first kappa shape index (κ1) is 18.2. The van der Waals surface area contributed by atoms with Gasteiger partial charge in [-0.1, -0.05) is 49.6 Å². The molecule has 1 heterocycles. The molecule has 0 atom stereocenters. The van der Waals surface area contributed by atoms with Crippen molar-refractivity contribution in [3.8, 4) is 22.9 Å². The Morgan fingerprint density at radius 1 is 0.929 bits per heavy atom. The molecule has 0 radical (unpaired) electrons. The van der Waals surface area contributed by atoms with Gasteiger partial charge in [0.25, 0.3) is 5.91 Å². The van der Waals surface area contributed by atoms with E-state index < -0.39 is 0 Å². The van der Waals surface area contributed by atoms with Crippen LogP contribution in [0, 0.1) is 0 Å². The molecule has 1 saturated carbocycles. The van der Waals surface area contributed by atoms with E-state index in [9.17, 15) is 4.79 Å². The number of hydrogen-bond acceptors (Lipinski definition) is 4. The number of aromatic nitrogens is 2. The van der Waals surface area contributed by atoms with E-state index in [1.807, 2.05) is 54.6 Å². The quantitative estimate of drug-likeness (QED) is 0.684. The molecular weight excluding hydrogens is 350 g/mol. The Hall–Kier alpha value is -3.21. The van der Waals surface area contributed by atoms with Crippen LogP contribution in [0.15, 0.2) is 67.0 Å². The van der Waals surface area contributed by atoms with E-state index in [0.29, 0.717) is 17.5 Å². The molecule has 1 aromatic heterocycles. The van der Waals surface area contributed by atoms with Gasteiger partial charge in [-0.15, -0.1) is 0 Å². The monoisotopic (exact) mass is 373 g/mol. The predicted octanol–water partition coefficient (Wildman–Crippen LogP) is 5.00. The van der Waals surface area contributed by atoms with E-state index in [1.54, 1.807) is 6.07 Å². The SMILES string of the molecule is O=C(NC1CCCCC1)c1ccc(-c2cc(Oc3ccccc3)ncn2)cc1. The first-order chi connectivity index (χ1) is 13.8. The van der Waals surface area contributed by atoms with Crippen molar-refractivity contribution in [3.63, 3.8) is 0 Å². The lowest BCUT2D eigenvalue weighted by Gasteiger charge is -2.22. The van der Waals surface area contributed by atoms with Gasteiger partial charge in [0.2, 0.25) is 5.88 Å². The van der Waals surface area contributed by atoms with Crippen molar-refractivity contribution < 1.29 is 9.53 Å². The Kier molecular flexibility index (Phi) is 5.61. The summed E-state index contributed by atoms with van der Waals surface area (Å²) in [5.41, 5.74) is 2.33. The average molecular weight is 373 g/mol. The fourth-order valence-electron chi connectivity index (χ4n) is 3.47. The zero-order valence-corrected chi connectivity index (χ0v) is 15.7. The summed E-state index contributed by atoms with van der Waals surface area (Å²) >= 11 is 0. The molecule has 28 heavy (non-hydrogen) atoms. The Morgan fingerprint density at radius 2 is 1.68 bits per heavy atom. The van der Waals surface area contributed by atoms with Crippen LogP contribution < -0.4 is 10.1 Å². The minimum Gasteiger partial charge on any atom is -0.439 e. The number of benzene rings is 2. The molecule has 1 aliphatic carbocycles. The summed E-state index contributed by atoms with van der Waals surface area (Å²) < 4.78 is 5.77. The van der Waals surface area contributed by atoms with Crippen molar-refractivity contribution in [2.45, 2.75) is 38.1 Å². The number of nitrogens with one attached hydrogen (secondary N) is 1. The van der Waals surface area contributed by atoms with E-state index in [4.69, 9.17) is 4.74 Å². The van der Waals surface area contributed by atoms with Crippen LogP contribution in [0.3, 0.4) is 0 Å². The first-order valence-electron chi connectivity index (χ1n) is 9.74. The van der Waals surface area contributed by atoms with Gasteiger partial charge in [0.1, 0.15) is 12.1 Å². The number of para-hydroxylation sites is 1. The summed E-state index contributed by atoms with van der Waals surface area (Å²) in [5.74, 6) is 1.20. The second-order valence-electron chi connectivity index (χ2n) is 7.04. The maximum Gasteiger partial charge on any atom is 0.251 e. The van der Waals surface area contributed by atoms with Gasteiger partial charge in [-0.3, -0.25) is 4.79 Å². The van der Waals surface area contributed by atoms with E-state index in [-0.39, 0.29) is 5.91 Å². The van der Waals surface area contributed by atoms with Gasteiger partial charge >= 0.3 is 0 Å². The Labute approximate surface area is 164 Å². The van der Waals surface area contributed by atoms with Crippen LogP contribution in [0.2, 0.25) is 0 Å². The molecule has 0 bridgehead atoms. The molecule has 1 N–H and O–H groups in total. The third-order valence-electron chi connectivity index (χ3n) is 4.99. The minimum absolute atomic E-state index is 0.00534. The molecule has 142 valence electrons. The van der Waals surface area contributed by atoms with Crippen LogP contribution in [0.1, 0.15) is 42.5 Å². The number of carbonyl (C=O) groups excluding carboxylic acids is 1. The lowest BCUT2D eigenvalue weighted by Crippen LogP contribution is -2.36. The Balaban J connectivity index is 1.44. The topological polar surface area (TPSA) is 64.1 Å². The highest BCUT2D eigenvalue weighted by atomic mass is 16.5. The molecule has 5 heteroatoms. The third-order valence-corrected chi connectivity index (χ3v) is 4.99. The highest BCUT2D eigenvalue weighted by Crippen LogP contribution is 2.24. The number of amides is 1. The van der Waals surface area contributed by atoms with Crippen LogP contribution >= 0.6 is 0 Å². The van der Waals surface area contributed by atoms with Crippen molar-refractivity contribution >= 4 is 5.91 Å². The largest absolute Gasteiger partial charge is 0.439 e. The highest BCUT2D eigenvalue weighted by Gasteiger charge is 2.16. The number of carbonyl (C=O) groups is 1. The summed E-state index contributed by atoms with van der Waals surface area (Å²) in [6, 6.07) is 19.1. The summed E-state index contributed by atoms with van der Waals surface area (Å²) in [7, 11) is 0. The molecule has 1 amide bonds. The molecule has 2 aromatic carbocycles. The second kappa shape index (κ2) is 8.65. The zero-order chi connectivity index (χ0) is 19.2. The highest BCUT2D eigenvalue weighted by molar-refractivity contribution is 5.94. The van der Waals surface area contributed by atoms with Crippen LogP contribution in [-0.4, -0.2) is 21.9 Å². The molecule has 0 unspecified atom stereocenters. The van der Waals surface area contributed by atoms with Gasteiger partial charge in [0, 0.05) is 23.2 Å². The molecule has 5 nitrogen and oxygen atoms in total. The van der Waals surface area contributed by atoms with Crippen molar-refractivity contribution in [3.05, 3.63) is 72.6 Å². The summed E-state index contributed by atoms with van der Waals surface area (Å²) in [4.78, 5) is 21.0.